The molecule has 6 rings (SSSR count). The molecule has 2 aromatic rings. The Labute approximate surface area is 203 Å². The monoisotopic (exact) mass is 508 g/mol. The van der Waals surface area contributed by atoms with Gasteiger partial charge in [-0.3, -0.25) is 14.6 Å². The third-order valence-electron chi connectivity index (χ3n) is 8.83. The second kappa shape index (κ2) is 7.78. The van der Waals surface area contributed by atoms with Gasteiger partial charge in [0.25, 0.3) is 0 Å². The summed E-state index contributed by atoms with van der Waals surface area (Å²) in [5, 5.41) is 4.69. The van der Waals surface area contributed by atoms with E-state index in [1.54, 1.807) is 0 Å². The number of hydrogen-bond acceptors (Lipinski definition) is 5. The molecule has 2 unspecified atom stereocenters. The van der Waals surface area contributed by atoms with Crippen molar-refractivity contribution >= 4 is 9.84 Å². The van der Waals surface area contributed by atoms with Gasteiger partial charge < -0.3 is 0 Å². The average molecular weight is 509 g/mol. The Morgan fingerprint density at radius 2 is 1.86 bits per heavy atom. The molecule has 4 fully saturated rings. The largest absolute Gasteiger partial charge is 0.417 e. The molecular formula is C25H31F3N4O2S. The quantitative estimate of drug-likeness (QED) is 0.606. The van der Waals surface area contributed by atoms with Crippen LogP contribution in [0.25, 0.3) is 11.3 Å². The van der Waals surface area contributed by atoms with Crippen molar-refractivity contribution < 1.29 is 21.6 Å². The molecule has 0 N–H and O–H groups in total. The fraction of sp³-hybridized carbons (Fsp3) is 0.680. The summed E-state index contributed by atoms with van der Waals surface area (Å²) < 4.78 is 65.6. The van der Waals surface area contributed by atoms with E-state index in [0.717, 1.165) is 56.7 Å². The molecule has 5 atom stereocenters. The Balaban J connectivity index is 1.17. The molecule has 4 heterocycles. The summed E-state index contributed by atoms with van der Waals surface area (Å²) in [6, 6.07) is 3.70. The van der Waals surface area contributed by atoms with Crippen molar-refractivity contribution in [2.24, 2.45) is 17.3 Å². The van der Waals surface area contributed by atoms with E-state index in [1.165, 1.54) is 6.20 Å². The Kier molecular flexibility index (Phi) is 5.21. The molecule has 4 aliphatic rings. The van der Waals surface area contributed by atoms with E-state index in [4.69, 9.17) is 5.10 Å². The van der Waals surface area contributed by atoms with Crippen LogP contribution in [-0.2, 0) is 16.0 Å². The summed E-state index contributed by atoms with van der Waals surface area (Å²) in [4.78, 5) is 6.34. The van der Waals surface area contributed by atoms with E-state index >= 15 is 0 Å². The van der Waals surface area contributed by atoms with Gasteiger partial charge in [0.05, 0.1) is 22.8 Å². The lowest BCUT2D eigenvalue weighted by molar-refractivity contribution is -0.137. The molecule has 2 saturated carbocycles. The number of halogens is 3. The molecule has 2 aliphatic carbocycles. The first-order chi connectivity index (χ1) is 16.4. The van der Waals surface area contributed by atoms with Crippen LogP contribution in [0.3, 0.4) is 0 Å². The van der Waals surface area contributed by atoms with Gasteiger partial charge in [-0.15, -0.1) is 0 Å². The molecule has 0 amide bonds. The summed E-state index contributed by atoms with van der Waals surface area (Å²) in [7, 11) is -2.88. The van der Waals surface area contributed by atoms with Gasteiger partial charge in [-0.05, 0) is 75.5 Å². The van der Waals surface area contributed by atoms with Crippen molar-refractivity contribution in [3.05, 3.63) is 35.8 Å². The van der Waals surface area contributed by atoms with Gasteiger partial charge in [0.2, 0.25) is 0 Å². The zero-order valence-corrected chi connectivity index (χ0v) is 20.8. The van der Waals surface area contributed by atoms with Crippen LogP contribution in [0.5, 0.6) is 0 Å². The molecule has 2 saturated heterocycles. The van der Waals surface area contributed by atoms with E-state index in [1.807, 2.05) is 24.6 Å². The molecule has 0 aromatic carbocycles. The van der Waals surface area contributed by atoms with Crippen LogP contribution >= 0.6 is 0 Å². The highest BCUT2D eigenvalue weighted by molar-refractivity contribution is 7.91. The highest BCUT2D eigenvalue weighted by atomic mass is 32.2. The molecule has 0 bridgehead atoms. The molecule has 10 heteroatoms. The van der Waals surface area contributed by atoms with Gasteiger partial charge in [-0.25, -0.2) is 8.42 Å². The maximum atomic E-state index is 13.2. The van der Waals surface area contributed by atoms with Crippen molar-refractivity contribution in [3.8, 4) is 11.3 Å². The van der Waals surface area contributed by atoms with Crippen LogP contribution in [0.2, 0.25) is 0 Å². The number of rotatable bonds is 4. The van der Waals surface area contributed by atoms with E-state index in [9.17, 15) is 21.6 Å². The van der Waals surface area contributed by atoms with Gasteiger partial charge in [-0.1, -0.05) is 0 Å². The normalized spacial score (nSPS) is 34.2. The van der Waals surface area contributed by atoms with Crippen molar-refractivity contribution in [2.45, 2.75) is 63.7 Å². The third-order valence-corrected chi connectivity index (χ3v) is 10.7. The molecule has 35 heavy (non-hydrogen) atoms. The summed E-state index contributed by atoms with van der Waals surface area (Å²) >= 11 is 0. The number of aromatic nitrogens is 3. The maximum absolute atomic E-state index is 13.2. The van der Waals surface area contributed by atoms with Crippen LogP contribution < -0.4 is 0 Å². The Hall–Kier alpha value is -1.94. The van der Waals surface area contributed by atoms with Crippen molar-refractivity contribution in [1.82, 2.24) is 19.7 Å². The number of fused-ring (bicyclic) bond motifs is 1. The maximum Gasteiger partial charge on any atom is 0.417 e. The van der Waals surface area contributed by atoms with Crippen LogP contribution in [0.15, 0.2) is 24.5 Å². The fourth-order valence-corrected chi connectivity index (χ4v) is 9.28. The zero-order chi connectivity index (χ0) is 24.8. The fourth-order valence-electron chi connectivity index (χ4n) is 7.08. The Bertz CT molecular complexity index is 1250. The second-order valence-corrected chi connectivity index (χ2v) is 13.7. The lowest BCUT2D eigenvalue weighted by Crippen LogP contribution is -2.35. The van der Waals surface area contributed by atoms with Crippen LogP contribution in [-0.4, -0.2) is 58.7 Å². The topological polar surface area (TPSA) is 68.1 Å². The number of hydrogen-bond donors (Lipinski definition) is 0. The smallest absolute Gasteiger partial charge is 0.300 e. The number of likely N-dealkylation sites (tertiary alicyclic amines) is 1. The van der Waals surface area contributed by atoms with Gasteiger partial charge in [0.15, 0.2) is 9.84 Å². The summed E-state index contributed by atoms with van der Waals surface area (Å²) in [6.45, 7) is 5.98. The van der Waals surface area contributed by atoms with Gasteiger partial charge in [0, 0.05) is 48.2 Å². The lowest BCUT2D eigenvalue weighted by atomic mass is 9.87. The highest BCUT2D eigenvalue weighted by Gasteiger charge is 2.60. The van der Waals surface area contributed by atoms with Gasteiger partial charge in [-0.2, -0.15) is 18.3 Å². The van der Waals surface area contributed by atoms with Crippen molar-refractivity contribution in [3.63, 3.8) is 0 Å². The molecular weight excluding hydrogens is 477 g/mol. The predicted octanol–water partition coefficient (Wildman–Crippen LogP) is 4.55. The van der Waals surface area contributed by atoms with Crippen LogP contribution in [0.1, 0.15) is 62.7 Å². The molecule has 0 radical (unpaired) electrons. The number of alkyl halides is 3. The van der Waals surface area contributed by atoms with Crippen molar-refractivity contribution in [2.75, 3.05) is 24.6 Å². The summed E-state index contributed by atoms with van der Waals surface area (Å²) in [5.74, 6) is 2.19. The van der Waals surface area contributed by atoms with E-state index in [2.05, 4.69) is 9.88 Å². The molecule has 190 valence electrons. The SMILES string of the molecule is CC(C)n1nc(-c2cncc(C(F)(F)F)c2)cc1[C@@H]1[C@@H]2CC(N3CCC4(CCS(=O)(=O)C4)C3)C[C@@H]21. The average Bonchev–Trinajstić information content (AvgIpc) is 3.30. The standard InChI is InChI=1S/C25H31F3N4O2S/c1-15(2)32-22(10-21(30-32)16-7-17(12-29-11-16)25(26,27)28)23-19-8-18(9-20(19)23)31-5-3-24(13-31)4-6-35(33,34)14-24/h7,10-12,15,18-20,23H,3-6,8-9,13-14H2,1-2H3/t18?,19-,20+,23-,24?. The number of nitrogens with zero attached hydrogens (tertiary/aromatic N) is 4. The number of sulfone groups is 1. The lowest BCUT2D eigenvalue weighted by Gasteiger charge is -2.28. The summed E-state index contributed by atoms with van der Waals surface area (Å²) in [6.07, 6.45) is 1.83. The van der Waals surface area contributed by atoms with E-state index in [-0.39, 0.29) is 11.5 Å². The van der Waals surface area contributed by atoms with Crippen LogP contribution in [0.4, 0.5) is 13.2 Å². The van der Waals surface area contributed by atoms with Gasteiger partial charge in [0.1, 0.15) is 0 Å². The van der Waals surface area contributed by atoms with Crippen LogP contribution in [0, 0.1) is 17.3 Å². The molecule has 2 aromatic heterocycles. The summed E-state index contributed by atoms with van der Waals surface area (Å²) in [5.41, 5.74) is 1.24. The number of pyridine rings is 1. The third kappa shape index (κ3) is 4.10. The second-order valence-electron chi connectivity index (χ2n) is 11.5. The van der Waals surface area contributed by atoms with Gasteiger partial charge >= 0.3 is 6.18 Å². The van der Waals surface area contributed by atoms with Crippen molar-refractivity contribution in [1.29, 1.82) is 0 Å². The minimum absolute atomic E-state index is 0.0326. The Morgan fingerprint density at radius 1 is 1.11 bits per heavy atom. The molecule has 6 nitrogen and oxygen atoms in total. The first-order valence-corrected chi connectivity index (χ1v) is 14.3. The highest BCUT2D eigenvalue weighted by Crippen LogP contribution is 2.64. The molecule has 2 aliphatic heterocycles. The predicted molar refractivity (Wildman–Crippen MR) is 125 cm³/mol. The zero-order valence-electron chi connectivity index (χ0n) is 20.0. The van der Waals surface area contributed by atoms with E-state index < -0.39 is 21.6 Å². The minimum atomic E-state index is -4.44. The minimum Gasteiger partial charge on any atom is -0.300 e. The first kappa shape index (κ1) is 23.5. The Morgan fingerprint density at radius 3 is 2.49 bits per heavy atom. The first-order valence-electron chi connectivity index (χ1n) is 12.5. The molecule has 1 spiro atoms. The van der Waals surface area contributed by atoms with E-state index in [0.29, 0.717) is 46.6 Å².